The summed E-state index contributed by atoms with van der Waals surface area (Å²) in [5.74, 6) is 3.81. The van der Waals surface area contributed by atoms with Gasteiger partial charge in [-0.25, -0.2) is 0 Å². The Kier molecular flexibility index (Phi) is 9.40. The second-order valence-corrected chi connectivity index (χ2v) is 9.40. The summed E-state index contributed by atoms with van der Waals surface area (Å²) in [7, 11) is 0. The fourth-order valence-corrected chi connectivity index (χ4v) is 4.46. The largest absolute Gasteiger partial charge is 0.668 e. The van der Waals surface area contributed by atoms with Crippen LogP contribution in [-0.2, 0) is 7.58 Å². The molecule has 177 valence electrons. The summed E-state index contributed by atoms with van der Waals surface area (Å²) < 4.78 is 23.7. The van der Waals surface area contributed by atoms with Gasteiger partial charge in [0.1, 0.15) is 23.0 Å². The van der Waals surface area contributed by atoms with Crippen molar-refractivity contribution < 1.29 is 17.1 Å². The highest BCUT2D eigenvalue weighted by Gasteiger charge is 2.11. The molecule has 0 saturated carbocycles. The topological polar surface area (TPSA) is 36.9 Å². The third-order valence-corrected chi connectivity index (χ3v) is 6.30. The molecular formula is C30H30AlO4. The second kappa shape index (κ2) is 13.1. The molecule has 5 heteroatoms. The molecule has 0 amide bonds. The van der Waals surface area contributed by atoms with Crippen LogP contribution >= 0.6 is 0 Å². The molecule has 0 bridgehead atoms. The lowest BCUT2D eigenvalue weighted by Gasteiger charge is -2.16. The van der Waals surface area contributed by atoms with E-state index in [1.165, 1.54) is 11.1 Å². The molecular weight excluding hydrogens is 451 g/mol. The van der Waals surface area contributed by atoms with Gasteiger partial charge in [0.05, 0.1) is 0 Å². The average molecular weight is 482 g/mol. The van der Waals surface area contributed by atoms with Crippen molar-refractivity contribution in [1.29, 1.82) is 0 Å². The predicted molar refractivity (Wildman–Crippen MR) is 140 cm³/mol. The lowest BCUT2D eigenvalue weighted by atomic mass is 10.0. The number of rotatable bonds is 12. The van der Waals surface area contributed by atoms with Crippen LogP contribution < -0.4 is 9.47 Å². The van der Waals surface area contributed by atoms with Crippen molar-refractivity contribution in [3.05, 3.63) is 120 Å². The third-order valence-electron chi connectivity index (χ3n) is 5.64. The minimum absolute atomic E-state index is 0.245. The van der Waals surface area contributed by atoms with Crippen molar-refractivity contribution in [3.8, 4) is 23.0 Å². The lowest BCUT2D eigenvalue weighted by molar-refractivity contribution is 0.205. The molecule has 2 unspecified atom stereocenters. The van der Waals surface area contributed by atoms with Crippen LogP contribution in [-0.4, -0.2) is 29.1 Å². The first-order chi connectivity index (χ1) is 17.2. The van der Waals surface area contributed by atoms with Gasteiger partial charge >= 0.3 is 15.9 Å². The first-order valence-corrected chi connectivity index (χ1v) is 12.8. The second-order valence-electron chi connectivity index (χ2n) is 8.54. The Bertz CT molecular complexity index is 1070. The molecule has 0 N–H and O–H groups in total. The van der Waals surface area contributed by atoms with Crippen molar-refractivity contribution in [1.82, 2.24) is 0 Å². The first-order valence-electron chi connectivity index (χ1n) is 11.9. The van der Waals surface area contributed by atoms with Crippen LogP contribution in [0.4, 0.5) is 0 Å². The van der Waals surface area contributed by atoms with E-state index in [1.807, 2.05) is 84.9 Å². The van der Waals surface area contributed by atoms with E-state index >= 15 is 0 Å². The van der Waals surface area contributed by atoms with E-state index in [0.717, 1.165) is 23.0 Å². The molecule has 2 atom stereocenters. The molecule has 35 heavy (non-hydrogen) atoms. The number of hydrogen-bond donors (Lipinski definition) is 0. The summed E-state index contributed by atoms with van der Waals surface area (Å²) in [6.45, 7) is 5.53. The van der Waals surface area contributed by atoms with E-state index in [2.05, 4.69) is 38.1 Å². The Labute approximate surface area is 214 Å². The van der Waals surface area contributed by atoms with Crippen LogP contribution in [0, 0.1) is 0 Å². The Hall–Kier alpha value is -3.07. The highest BCUT2D eigenvalue weighted by Crippen LogP contribution is 2.27. The van der Waals surface area contributed by atoms with Crippen LogP contribution in [0.15, 0.2) is 109 Å². The van der Waals surface area contributed by atoms with Gasteiger partial charge in [0.15, 0.2) is 0 Å². The van der Waals surface area contributed by atoms with Crippen LogP contribution in [0.1, 0.15) is 36.8 Å². The average Bonchev–Trinajstić information content (AvgIpc) is 2.90. The van der Waals surface area contributed by atoms with Gasteiger partial charge < -0.3 is 17.1 Å². The van der Waals surface area contributed by atoms with E-state index in [1.54, 1.807) is 0 Å². The number of ether oxygens (including phenoxy) is 2. The Morgan fingerprint density at radius 1 is 0.514 bits per heavy atom. The minimum Gasteiger partial charge on any atom is -0.483 e. The molecule has 0 fully saturated rings. The molecule has 0 aliphatic rings. The Morgan fingerprint density at radius 2 is 0.914 bits per heavy atom. The van der Waals surface area contributed by atoms with Gasteiger partial charge in [0.2, 0.25) is 0 Å². The molecule has 1 radical (unpaired) electrons. The maximum absolute atomic E-state index is 5.95. The fraction of sp³-hybridized carbons (Fsp3) is 0.200. The normalized spacial score (nSPS) is 12.5. The van der Waals surface area contributed by atoms with E-state index < -0.39 is 15.9 Å². The van der Waals surface area contributed by atoms with Crippen LogP contribution in [0.5, 0.6) is 23.0 Å². The zero-order chi connectivity index (χ0) is 24.3. The maximum Gasteiger partial charge on any atom is 0.668 e. The van der Waals surface area contributed by atoms with Gasteiger partial charge in [-0.2, -0.15) is 0 Å². The molecule has 0 aromatic heterocycles. The van der Waals surface area contributed by atoms with E-state index in [4.69, 9.17) is 17.1 Å². The highest BCUT2D eigenvalue weighted by atomic mass is 27.2. The lowest BCUT2D eigenvalue weighted by Crippen LogP contribution is -2.13. The maximum atomic E-state index is 5.95. The molecule has 0 aliphatic heterocycles. The molecule has 4 aromatic carbocycles. The SMILES string of the molecule is CC(C[O][Al][O]CC(C)c1cccc(Oc2ccccc2)c1)c1cccc(Oc2ccccc2)c1. The van der Waals surface area contributed by atoms with Gasteiger partial charge in [0, 0.05) is 25.0 Å². The Balaban J connectivity index is 1.20. The zero-order valence-electron chi connectivity index (χ0n) is 20.2. The molecule has 4 rings (SSSR count). The first kappa shape index (κ1) is 25.0. The smallest absolute Gasteiger partial charge is 0.483 e. The predicted octanol–water partition coefficient (Wildman–Crippen LogP) is 7.75. The Morgan fingerprint density at radius 3 is 1.34 bits per heavy atom. The minimum atomic E-state index is -0.532. The van der Waals surface area contributed by atoms with Crippen molar-refractivity contribution >= 4 is 15.9 Å². The molecule has 0 spiro atoms. The highest BCUT2D eigenvalue weighted by molar-refractivity contribution is 6.17. The summed E-state index contributed by atoms with van der Waals surface area (Å²) >= 11 is -0.532. The molecule has 0 aliphatic carbocycles. The summed E-state index contributed by atoms with van der Waals surface area (Å²) in [4.78, 5) is 0. The van der Waals surface area contributed by atoms with Crippen LogP contribution in [0.25, 0.3) is 0 Å². The van der Waals surface area contributed by atoms with Crippen LogP contribution in [0.3, 0.4) is 0 Å². The summed E-state index contributed by atoms with van der Waals surface area (Å²) in [5, 5.41) is 0. The summed E-state index contributed by atoms with van der Waals surface area (Å²) in [5.41, 5.74) is 2.36. The molecule has 0 saturated heterocycles. The molecule has 4 aromatic rings. The molecule has 4 nitrogen and oxygen atoms in total. The standard InChI is InChI=1S/2C15H15O2.Al/c2*1-12(11-16)13-6-5-9-15(10-13)17-14-7-3-2-4-8-14;/h2*2-10,12H,11H2,1H3;/q2*-1;+2. The third kappa shape index (κ3) is 7.99. The van der Waals surface area contributed by atoms with E-state index in [-0.39, 0.29) is 11.8 Å². The number of benzene rings is 4. The monoisotopic (exact) mass is 481 g/mol. The van der Waals surface area contributed by atoms with Crippen molar-refractivity contribution in [2.45, 2.75) is 25.7 Å². The molecule has 0 heterocycles. The summed E-state index contributed by atoms with van der Waals surface area (Å²) in [6.07, 6.45) is 0. The fourth-order valence-electron chi connectivity index (χ4n) is 3.63. The summed E-state index contributed by atoms with van der Waals surface area (Å²) in [6, 6.07) is 36.0. The quantitative estimate of drug-likeness (QED) is 0.153. The van der Waals surface area contributed by atoms with Gasteiger partial charge in [-0.05, 0) is 59.7 Å². The van der Waals surface area contributed by atoms with Crippen molar-refractivity contribution in [3.63, 3.8) is 0 Å². The van der Waals surface area contributed by atoms with Gasteiger partial charge in [0.25, 0.3) is 0 Å². The van der Waals surface area contributed by atoms with Gasteiger partial charge in [-0.3, -0.25) is 0 Å². The number of hydrogen-bond acceptors (Lipinski definition) is 4. The van der Waals surface area contributed by atoms with Crippen molar-refractivity contribution in [2.75, 3.05) is 13.2 Å². The zero-order valence-corrected chi connectivity index (χ0v) is 21.3. The van der Waals surface area contributed by atoms with Gasteiger partial charge in [-0.1, -0.05) is 74.5 Å². The van der Waals surface area contributed by atoms with Crippen molar-refractivity contribution in [2.24, 2.45) is 0 Å². The van der Waals surface area contributed by atoms with E-state index in [0.29, 0.717) is 13.2 Å². The van der Waals surface area contributed by atoms with Crippen LogP contribution in [0.2, 0.25) is 0 Å². The van der Waals surface area contributed by atoms with E-state index in [9.17, 15) is 0 Å². The number of para-hydroxylation sites is 2. The van der Waals surface area contributed by atoms with Gasteiger partial charge in [-0.15, -0.1) is 0 Å².